The largest absolute Gasteiger partial charge is 0.296 e. The highest BCUT2D eigenvalue weighted by Crippen LogP contribution is 2.25. The minimum absolute atomic E-state index is 0.252. The topological polar surface area (TPSA) is 53.5 Å². The van der Waals surface area contributed by atoms with Gasteiger partial charge in [0.05, 0.1) is 5.52 Å². The predicted molar refractivity (Wildman–Crippen MR) is 102 cm³/mol. The lowest BCUT2D eigenvalue weighted by Gasteiger charge is -2.34. The molecule has 1 fully saturated rings. The Morgan fingerprint density at radius 2 is 1.63 bits per heavy atom. The maximum atomic E-state index is 13.1. The number of aromatic nitrogens is 1. The Bertz CT molecular complexity index is 1040. The van der Waals surface area contributed by atoms with Crippen LogP contribution in [0.5, 0.6) is 0 Å². The summed E-state index contributed by atoms with van der Waals surface area (Å²) in [5.74, 6) is -0.252. The molecule has 1 aliphatic rings. The first-order valence-corrected chi connectivity index (χ1v) is 10.3. The van der Waals surface area contributed by atoms with Gasteiger partial charge in [-0.3, -0.25) is 9.88 Å². The average Bonchev–Trinajstić information content (AvgIpc) is 2.70. The minimum atomic E-state index is -3.60. The molecule has 0 bridgehead atoms. The van der Waals surface area contributed by atoms with Gasteiger partial charge < -0.3 is 0 Å². The molecule has 0 amide bonds. The fourth-order valence-electron chi connectivity index (χ4n) is 3.40. The number of nitrogens with zero attached hydrogens (tertiary/aromatic N) is 3. The summed E-state index contributed by atoms with van der Waals surface area (Å²) in [6, 6.07) is 15.3. The molecule has 1 saturated heterocycles. The normalized spacial score (nSPS) is 16.6. The van der Waals surface area contributed by atoms with Crippen molar-refractivity contribution in [3.8, 4) is 0 Å². The molecule has 0 N–H and O–H groups in total. The van der Waals surface area contributed by atoms with Crippen LogP contribution in [0.1, 0.15) is 5.56 Å². The number of hydrogen-bond donors (Lipinski definition) is 0. The molecule has 5 nitrogen and oxygen atoms in total. The van der Waals surface area contributed by atoms with Gasteiger partial charge in [-0.05, 0) is 29.8 Å². The first-order valence-electron chi connectivity index (χ1n) is 8.85. The third-order valence-corrected chi connectivity index (χ3v) is 6.79. The summed E-state index contributed by atoms with van der Waals surface area (Å²) < 4.78 is 40.8. The van der Waals surface area contributed by atoms with E-state index in [0.717, 1.165) is 10.9 Å². The van der Waals surface area contributed by atoms with Crippen LogP contribution in [0.3, 0.4) is 0 Å². The zero-order valence-electron chi connectivity index (χ0n) is 14.8. The highest BCUT2D eigenvalue weighted by atomic mass is 32.2. The van der Waals surface area contributed by atoms with Crippen LogP contribution in [0.25, 0.3) is 10.9 Å². The van der Waals surface area contributed by atoms with Crippen molar-refractivity contribution < 1.29 is 12.8 Å². The van der Waals surface area contributed by atoms with E-state index in [1.807, 2.05) is 12.1 Å². The highest BCUT2D eigenvalue weighted by Gasteiger charge is 2.30. The molecule has 140 valence electrons. The van der Waals surface area contributed by atoms with E-state index in [1.165, 1.54) is 16.4 Å². The molecule has 1 aromatic heterocycles. The molecule has 0 spiro atoms. The fraction of sp³-hybridized carbons (Fsp3) is 0.250. The molecule has 1 aliphatic heterocycles. The maximum absolute atomic E-state index is 13.1. The van der Waals surface area contributed by atoms with Crippen LogP contribution in [0, 0.1) is 5.82 Å². The average molecular weight is 385 g/mol. The maximum Gasteiger partial charge on any atom is 0.245 e. The van der Waals surface area contributed by atoms with E-state index >= 15 is 0 Å². The third kappa shape index (κ3) is 3.71. The molecular formula is C20H20FN3O2S. The van der Waals surface area contributed by atoms with Gasteiger partial charge in [-0.25, -0.2) is 12.8 Å². The Morgan fingerprint density at radius 1 is 0.926 bits per heavy atom. The second-order valence-electron chi connectivity index (χ2n) is 6.64. The van der Waals surface area contributed by atoms with Gasteiger partial charge in [0.1, 0.15) is 10.7 Å². The number of hydrogen-bond acceptors (Lipinski definition) is 4. The zero-order valence-corrected chi connectivity index (χ0v) is 15.6. The van der Waals surface area contributed by atoms with Gasteiger partial charge in [-0.2, -0.15) is 4.31 Å². The van der Waals surface area contributed by atoms with Gasteiger partial charge >= 0.3 is 0 Å². The number of fused-ring (bicyclic) bond motifs is 1. The molecule has 0 aliphatic carbocycles. The van der Waals surface area contributed by atoms with Crippen molar-refractivity contribution in [2.75, 3.05) is 26.2 Å². The van der Waals surface area contributed by atoms with Crippen molar-refractivity contribution in [1.82, 2.24) is 14.2 Å². The lowest BCUT2D eigenvalue weighted by molar-refractivity contribution is 0.181. The van der Waals surface area contributed by atoms with E-state index in [-0.39, 0.29) is 10.7 Å². The third-order valence-electron chi connectivity index (χ3n) is 4.86. The van der Waals surface area contributed by atoms with Gasteiger partial charge in [0.25, 0.3) is 0 Å². The predicted octanol–water partition coefficient (Wildman–Crippen LogP) is 2.88. The van der Waals surface area contributed by atoms with Gasteiger partial charge in [-0.1, -0.05) is 30.3 Å². The highest BCUT2D eigenvalue weighted by molar-refractivity contribution is 7.89. The summed E-state index contributed by atoms with van der Waals surface area (Å²) in [7, 11) is -3.60. The van der Waals surface area contributed by atoms with Crippen LogP contribution in [-0.2, 0) is 16.6 Å². The molecule has 0 radical (unpaired) electrons. The Balaban J connectivity index is 1.49. The van der Waals surface area contributed by atoms with Gasteiger partial charge in [0.2, 0.25) is 10.0 Å². The molecule has 0 atom stereocenters. The first-order chi connectivity index (χ1) is 13.0. The Hall–Kier alpha value is -2.35. The number of benzene rings is 2. The molecule has 2 aromatic carbocycles. The fourth-order valence-corrected chi connectivity index (χ4v) is 4.99. The van der Waals surface area contributed by atoms with Crippen LogP contribution < -0.4 is 0 Å². The summed E-state index contributed by atoms with van der Waals surface area (Å²) in [5, 5.41) is 0.813. The summed E-state index contributed by atoms with van der Waals surface area (Å²) in [4.78, 5) is 6.71. The Morgan fingerprint density at radius 3 is 2.37 bits per heavy atom. The van der Waals surface area contributed by atoms with Gasteiger partial charge in [0, 0.05) is 44.3 Å². The molecule has 4 rings (SSSR count). The Labute approximate surface area is 158 Å². The lowest BCUT2D eigenvalue weighted by atomic mass is 10.2. The first kappa shape index (κ1) is 18.0. The number of sulfonamides is 1. The van der Waals surface area contributed by atoms with E-state index in [1.54, 1.807) is 36.5 Å². The zero-order chi connectivity index (χ0) is 18.9. The van der Waals surface area contributed by atoms with Gasteiger partial charge in [-0.15, -0.1) is 0 Å². The lowest BCUT2D eigenvalue weighted by Crippen LogP contribution is -2.48. The van der Waals surface area contributed by atoms with E-state index in [0.29, 0.717) is 38.2 Å². The number of rotatable bonds is 4. The standard InChI is InChI=1S/C20H20FN3O2S/c21-18-8-6-16(7-9-18)15-23-11-13-24(14-12-23)27(25,26)19-5-1-3-17-4-2-10-22-20(17)19/h1-10H,11-15H2. The number of piperazine rings is 1. The summed E-state index contributed by atoms with van der Waals surface area (Å²) in [6.45, 7) is 2.80. The van der Waals surface area contributed by atoms with Crippen molar-refractivity contribution in [1.29, 1.82) is 0 Å². The summed E-state index contributed by atoms with van der Waals surface area (Å²) in [5.41, 5.74) is 1.53. The Kier molecular flexibility index (Phi) is 4.90. The quantitative estimate of drug-likeness (QED) is 0.693. The molecule has 0 unspecified atom stereocenters. The number of pyridine rings is 1. The smallest absolute Gasteiger partial charge is 0.245 e. The van der Waals surface area contributed by atoms with Gasteiger partial charge in [0.15, 0.2) is 0 Å². The SMILES string of the molecule is O=S(=O)(c1cccc2cccnc12)N1CCN(Cc2ccc(F)cc2)CC1. The van der Waals surface area contributed by atoms with Crippen molar-refractivity contribution in [2.45, 2.75) is 11.4 Å². The monoisotopic (exact) mass is 385 g/mol. The molecule has 2 heterocycles. The van der Waals surface area contributed by atoms with Crippen LogP contribution in [0.2, 0.25) is 0 Å². The van der Waals surface area contributed by atoms with Crippen LogP contribution in [0.4, 0.5) is 4.39 Å². The summed E-state index contributed by atoms with van der Waals surface area (Å²) in [6.07, 6.45) is 1.61. The van der Waals surface area contributed by atoms with E-state index in [4.69, 9.17) is 0 Å². The molecule has 27 heavy (non-hydrogen) atoms. The molecule has 7 heteroatoms. The molecule has 0 saturated carbocycles. The minimum Gasteiger partial charge on any atom is -0.296 e. The molecular weight excluding hydrogens is 365 g/mol. The van der Waals surface area contributed by atoms with Crippen molar-refractivity contribution in [3.63, 3.8) is 0 Å². The van der Waals surface area contributed by atoms with Crippen molar-refractivity contribution in [3.05, 3.63) is 72.2 Å². The van der Waals surface area contributed by atoms with Crippen LogP contribution >= 0.6 is 0 Å². The van der Waals surface area contributed by atoms with E-state index < -0.39 is 10.0 Å². The van der Waals surface area contributed by atoms with E-state index in [2.05, 4.69) is 9.88 Å². The second-order valence-corrected chi connectivity index (χ2v) is 8.54. The van der Waals surface area contributed by atoms with Crippen molar-refractivity contribution >= 4 is 20.9 Å². The van der Waals surface area contributed by atoms with Crippen LogP contribution in [0.15, 0.2) is 65.7 Å². The number of halogens is 1. The summed E-state index contributed by atoms with van der Waals surface area (Å²) >= 11 is 0. The van der Waals surface area contributed by atoms with Crippen molar-refractivity contribution in [2.24, 2.45) is 0 Å². The second kappa shape index (κ2) is 7.34. The number of para-hydroxylation sites is 1. The van der Waals surface area contributed by atoms with E-state index in [9.17, 15) is 12.8 Å². The molecule has 3 aromatic rings. The van der Waals surface area contributed by atoms with Crippen LogP contribution in [-0.4, -0.2) is 48.8 Å².